The van der Waals surface area contributed by atoms with Crippen LogP contribution >= 0.6 is 23.2 Å². The summed E-state index contributed by atoms with van der Waals surface area (Å²) in [6.45, 7) is 0.436. The van der Waals surface area contributed by atoms with E-state index in [0.717, 1.165) is 0 Å². The van der Waals surface area contributed by atoms with Gasteiger partial charge in [-0.2, -0.15) is 0 Å². The van der Waals surface area contributed by atoms with Crippen LogP contribution in [0, 0.1) is 0 Å². The summed E-state index contributed by atoms with van der Waals surface area (Å²) in [5, 5.41) is 3.40. The van der Waals surface area contributed by atoms with Crippen molar-refractivity contribution in [1.29, 1.82) is 0 Å². The van der Waals surface area contributed by atoms with Crippen LogP contribution in [0.5, 0.6) is 0 Å². The summed E-state index contributed by atoms with van der Waals surface area (Å²) in [7, 11) is -2.07. The Hall–Kier alpha value is -1.34. The number of halogens is 2. The molecule has 112 valence electrons. The Morgan fingerprint density at radius 1 is 1.24 bits per heavy atom. The van der Waals surface area contributed by atoms with Crippen LogP contribution in [0.2, 0.25) is 10.0 Å². The van der Waals surface area contributed by atoms with Crippen molar-refractivity contribution < 1.29 is 8.42 Å². The predicted molar refractivity (Wildman–Crippen MR) is 84.3 cm³/mol. The first kappa shape index (κ1) is 16.0. The lowest BCUT2D eigenvalue weighted by Gasteiger charge is -2.12. The van der Waals surface area contributed by atoms with Crippen molar-refractivity contribution in [1.82, 2.24) is 10.3 Å². The van der Waals surface area contributed by atoms with Gasteiger partial charge in [0.2, 0.25) is 0 Å². The second kappa shape index (κ2) is 6.62. The second-order valence-electron chi connectivity index (χ2n) is 4.25. The smallest absolute Gasteiger partial charge is 0.263 e. The Morgan fingerprint density at radius 3 is 2.62 bits per heavy atom. The number of sulfonamides is 1. The molecular weight excluding hydrogens is 333 g/mol. The SMILES string of the molecule is CNCc1cc(S(=O)(=O)Nc2cccnc2)c(Cl)cc1Cl. The van der Waals surface area contributed by atoms with Gasteiger partial charge in [0.05, 0.1) is 16.9 Å². The Morgan fingerprint density at radius 2 is 2.00 bits per heavy atom. The van der Waals surface area contributed by atoms with E-state index in [-0.39, 0.29) is 9.92 Å². The third kappa shape index (κ3) is 3.85. The zero-order chi connectivity index (χ0) is 15.5. The number of rotatable bonds is 5. The first-order chi connectivity index (χ1) is 9.94. The van der Waals surface area contributed by atoms with Gasteiger partial charge in [-0.25, -0.2) is 8.42 Å². The molecule has 21 heavy (non-hydrogen) atoms. The fourth-order valence-corrected chi connectivity index (χ4v) is 3.65. The fourth-order valence-electron chi connectivity index (χ4n) is 1.74. The number of nitrogens with one attached hydrogen (secondary N) is 2. The molecule has 0 unspecified atom stereocenters. The summed E-state index contributed by atoms with van der Waals surface area (Å²) in [4.78, 5) is 3.83. The van der Waals surface area contributed by atoms with Crippen LogP contribution in [-0.2, 0) is 16.6 Å². The summed E-state index contributed by atoms with van der Waals surface area (Å²) in [5.74, 6) is 0. The van der Waals surface area contributed by atoms with Crippen LogP contribution in [0.15, 0.2) is 41.6 Å². The number of hydrogen-bond acceptors (Lipinski definition) is 4. The second-order valence-corrected chi connectivity index (χ2v) is 6.72. The van der Waals surface area contributed by atoms with Crippen LogP contribution in [0.1, 0.15) is 5.56 Å². The van der Waals surface area contributed by atoms with Gasteiger partial charge < -0.3 is 5.32 Å². The van der Waals surface area contributed by atoms with Crippen LogP contribution in [0.3, 0.4) is 0 Å². The van der Waals surface area contributed by atoms with Crippen molar-refractivity contribution in [2.75, 3.05) is 11.8 Å². The average Bonchev–Trinajstić information content (AvgIpc) is 2.42. The van der Waals surface area contributed by atoms with Crippen LogP contribution in [-0.4, -0.2) is 20.4 Å². The van der Waals surface area contributed by atoms with Gasteiger partial charge in [0, 0.05) is 17.8 Å². The molecule has 0 amide bonds. The van der Waals surface area contributed by atoms with E-state index in [1.165, 1.54) is 18.3 Å². The molecule has 2 rings (SSSR count). The molecule has 0 aliphatic heterocycles. The number of aromatic nitrogens is 1. The number of pyridine rings is 1. The van der Waals surface area contributed by atoms with E-state index in [9.17, 15) is 8.42 Å². The molecule has 2 aromatic rings. The molecule has 0 atom stereocenters. The van der Waals surface area contributed by atoms with Gasteiger partial charge in [-0.3, -0.25) is 9.71 Å². The molecule has 1 aromatic carbocycles. The van der Waals surface area contributed by atoms with Gasteiger partial charge in [-0.15, -0.1) is 0 Å². The lowest BCUT2D eigenvalue weighted by Crippen LogP contribution is -2.15. The monoisotopic (exact) mass is 345 g/mol. The molecule has 8 heteroatoms. The van der Waals surface area contributed by atoms with E-state index in [1.807, 2.05) is 0 Å². The van der Waals surface area contributed by atoms with Crippen LogP contribution in [0.4, 0.5) is 5.69 Å². The first-order valence-corrected chi connectivity index (χ1v) is 8.23. The molecule has 2 N–H and O–H groups in total. The van der Waals surface area contributed by atoms with E-state index in [1.54, 1.807) is 25.4 Å². The summed E-state index contributed by atoms with van der Waals surface area (Å²) in [6.07, 6.45) is 2.97. The Labute approximate surface area is 133 Å². The van der Waals surface area contributed by atoms with Gasteiger partial charge in [-0.1, -0.05) is 23.2 Å². The molecule has 0 spiro atoms. The number of nitrogens with zero attached hydrogens (tertiary/aromatic N) is 1. The largest absolute Gasteiger partial charge is 0.316 e. The Balaban J connectivity index is 2.42. The normalized spacial score (nSPS) is 11.4. The molecule has 0 aliphatic rings. The summed E-state index contributed by atoms with van der Waals surface area (Å²) in [6, 6.07) is 6.12. The standard InChI is InChI=1S/C13H13Cl2N3O2S/c1-16-7-9-5-13(12(15)6-11(9)14)21(19,20)18-10-3-2-4-17-8-10/h2-6,8,16,18H,7H2,1H3. The highest BCUT2D eigenvalue weighted by Crippen LogP contribution is 2.29. The van der Waals surface area contributed by atoms with Gasteiger partial charge >= 0.3 is 0 Å². The molecule has 0 radical (unpaired) electrons. The molecule has 0 saturated heterocycles. The van der Waals surface area contributed by atoms with Crippen molar-refractivity contribution >= 4 is 38.9 Å². The van der Waals surface area contributed by atoms with Crippen LogP contribution < -0.4 is 10.0 Å². The quantitative estimate of drug-likeness (QED) is 0.873. The lowest BCUT2D eigenvalue weighted by molar-refractivity contribution is 0.601. The zero-order valence-electron chi connectivity index (χ0n) is 11.1. The van der Waals surface area contributed by atoms with E-state index < -0.39 is 10.0 Å². The van der Waals surface area contributed by atoms with Crippen molar-refractivity contribution in [2.45, 2.75) is 11.4 Å². The Bertz CT molecular complexity index is 737. The van der Waals surface area contributed by atoms with E-state index in [4.69, 9.17) is 23.2 Å². The third-order valence-electron chi connectivity index (χ3n) is 2.67. The molecule has 5 nitrogen and oxygen atoms in total. The van der Waals surface area contributed by atoms with E-state index in [2.05, 4.69) is 15.0 Å². The Kier molecular flexibility index (Phi) is 5.05. The summed E-state index contributed by atoms with van der Waals surface area (Å²) >= 11 is 12.1. The summed E-state index contributed by atoms with van der Waals surface area (Å²) in [5.41, 5.74) is 1.01. The maximum Gasteiger partial charge on any atom is 0.263 e. The molecule has 0 fully saturated rings. The van der Waals surface area contributed by atoms with Crippen molar-refractivity contribution in [3.05, 3.63) is 52.3 Å². The molecule has 0 aliphatic carbocycles. The topological polar surface area (TPSA) is 71.1 Å². The van der Waals surface area contributed by atoms with Crippen molar-refractivity contribution in [3.63, 3.8) is 0 Å². The highest BCUT2D eigenvalue weighted by Gasteiger charge is 2.20. The van der Waals surface area contributed by atoms with E-state index >= 15 is 0 Å². The molecule has 1 aromatic heterocycles. The maximum atomic E-state index is 12.4. The molecular formula is C13H13Cl2N3O2S. The minimum Gasteiger partial charge on any atom is -0.316 e. The third-order valence-corrected chi connectivity index (χ3v) is 4.87. The number of benzene rings is 1. The fraction of sp³-hybridized carbons (Fsp3) is 0.154. The maximum absolute atomic E-state index is 12.4. The summed E-state index contributed by atoms with van der Waals surface area (Å²) < 4.78 is 27.2. The molecule has 0 bridgehead atoms. The lowest BCUT2D eigenvalue weighted by atomic mass is 10.2. The molecule has 1 heterocycles. The predicted octanol–water partition coefficient (Wildman–Crippen LogP) is 2.91. The minimum absolute atomic E-state index is 0.0253. The van der Waals surface area contributed by atoms with Gasteiger partial charge in [0.25, 0.3) is 10.0 Å². The van der Waals surface area contributed by atoms with Crippen molar-refractivity contribution in [2.24, 2.45) is 0 Å². The van der Waals surface area contributed by atoms with Crippen molar-refractivity contribution in [3.8, 4) is 0 Å². The van der Waals surface area contributed by atoms with Gasteiger partial charge in [0.1, 0.15) is 4.90 Å². The highest BCUT2D eigenvalue weighted by atomic mass is 35.5. The van der Waals surface area contributed by atoms with Crippen LogP contribution in [0.25, 0.3) is 0 Å². The van der Waals surface area contributed by atoms with Gasteiger partial charge in [0.15, 0.2) is 0 Å². The van der Waals surface area contributed by atoms with E-state index in [0.29, 0.717) is 22.8 Å². The van der Waals surface area contributed by atoms with Gasteiger partial charge in [-0.05, 0) is 36.9 Å². The number of hydrogen-bond donors (Lipinski definition) is 2. The minimum atomic E-state index is -3.81. The highest BCUT2D eigenvalue weighted by molar-refractivity contribution is 7.92. The molecule has 0 saturated carbocycles. The first-order valence-electron chi connectivity index (χ1n) is 5.99. The number of anilines is 1. The average molecular weight is 346 g/mol. The zero-order valence-corrected chi connectivity index (χ0v) is 13.4.